The lowest BCUT2D eigenvalue weighted by molar-refractivity contribution is 0.627. The lowest BCUT2D eigenvalue weighted by atomic mass is 9.97. The number of hydrogen-bond donors (Lipinski definition) is 0. The third kappa shape index (κ3) is 2.60. The third-order valence-corrected chi connectivity index (χ3v) is 4.43. The lowest BCUT2D eigenvalue weighted by Gasteiger charge is -2.17. The molecule has 0 aliphatic heterocycles. The number of halogens is 3. The van der Waals surface area contributed by atoms with Crippen LogP contribution in [0, 0.1) is 9.52 Å². The summed E-state index contributed by atoms with van der Waals surface area (Å²) in [5.74, 6) is 0.0982. The predicted octanol–water partition coefficient (Wildman–Crippen LogP) is 4.42. The largest absolute Gasteiger partial charge is 0.233 e. The molecule has 1 aliphatic rings. The van der Waals surface area contributed by atoms with E-state index in [0.717, 1.165) is 28.7 Å². The Balaban J connectivity index is 2.15. The van der Waals surface area contributed by atoms with E-state index in [9.17, 15) is 4.39 Å². The Hall–Kier alpha value is -0.750. The van der Waals surface area contributed by atoms with Crippen molar-refractivity contribution in [2.24, 2.45) is 0 Å². The van der Waals surface area contributed by atoms with Crippen LogP contribution in [0.5, 0.6) is 0 Å². The zero-order valence-electron chi connectivity index (χ0n) is 10.1. The highest BCUT2D eigenvalue weighted by Gasteiger charge is 2.18. The normalized spacial score (nSPS) is 14.3. The molecular weight excluding hydrogens is 378 g/mol. The molecule has 2 aromatic rings. The van der Waals surface area contributed by atoms with Gasteiger partial charge in [-0.25, -0.2) is 14.4 Å². The molecule has 2 nitrogen and oxygen atoms in total. The van der Waals surface area contributed by atoms with Crippen LogP contribution in [-0.2, 0) is 12.8 Å². The van der Waals surface area contributed by atoms with Crippen LogP contribution in [-0.4, -0.2) is 9.97 Å². The number of nitrogens with zero attached hydrogens (tertiary/aromatic N) is 2. The van der Waals surface area contributed by atoms with Gasteiger partial charge in [-0.3, -0.25) is 0 Å². The fourth-order valence-corrected chi connectivity index (χ4v) is 3.32. The highest BCUT2D eigenvalue weighted by atomic mass is 127. The molecular formula is C14H11ClFIN2. The number of fused-ring (bicyclic) bond motifs is 1. The second-order valence-electron chi connectivity index (χ2n) is 4.59. The van der Waals surface area contributed by atoms with Gasteiger partial charge in [0.15, 0.2) is 5.82 Å². The molecule has 0 atom stereocenters. The topological polar surface area (TPSA) is 25.8 Å². The van der Waals surface area contributed by atoms with Gasteiger partial charge in [0.1, 0.15) is 9.52 Å². The van der Waals surface area contributed by atoms with Gasteiger partial charge in [-0.1, -0.05) is 11.6 Å². The van der Waals surface area contributed by atoms with Crippen molar-refractivity contribution in [3.8, 4) is 11.4 Å². The van der Waals surface area contributed by atoms with E-state index >= 15 is 0 Å². The Morgan fingerprint density at radius 1 is 1.16 bits per heavy atom. The van der Waals surface area contributed by atoms with Crippen LogP contribution in [0.1, 0.15) is 24.1 Å². The summed E-state index contributed by atoms with van der Waals surface area (Å²) in [6.07, 6.45) is 4.28. The van der Waals surface area contributed by atoms with Gasteiger partial charge in [0.05, 0.1) is 5.56 Å². The minimum Gasteiger partial charge on any atom is -0.233 e. The van der Waals surface area contributed by atoms with Crippen molar-refractivity contribution >= 4 is 34.2 Å². The number of benzene rings is 1. The Bertz CT molecular complexity index is 646. The van der Waals surface area contributed by atoms with Crippen molar-refractivity contribution < 1.29 is 4.39 Å². The number of aromatic nitrogens is 2. The van der Waals surface area contributed by atoms with Crippen molar-refractivity contribution in [1.29, 1.82) is 0 Å². The summed E-state index contributed by atoms with van der Waals surface area (Å²) >= 11 is 8.14. The van der Waals surface area contributed by atoms with Gasteiger partial charge in [-0.05, 0) is 66.5 Å². The maximum atomic E-state index is 13.9. The standard InChI is InChI=1S/C14H11ClFIN2/c15-8-5-6-11(16)10(7-8)14-18-12-4-2-1-3-9(12)13(17)19-14/h5-7H,1-4H2. The van der Waals surface area contributed by atoms with E-state index in [1.807, 2.05) is 0 Å². The van der Waals surface area contributed by atoms with E-state index in [1.165, 1.54) is 24.1 Å². The van der Waals surface area contributed by atoms with Crippen LogP contribution in [0.25, 0.3) is 11.4 Å². The smallest absolute Gasteiger partial charge is 0.163 e. The van der Waals surface area contributed by atoms with E-state index in [2.05, 4.69) is 32.6 Å². The summed E-state index contributed by atoms with van der Waals surface area (Å²) in [6, 6.07) is 4.47. The van der Waals surface area contributed by atoms with Gasteiger partial charge in [0, 0.05) is 16.3 Å². The molecule has 1 aromatic heterocycles. The molecule has 0 amide bonds. The molecule has 0 saturated heterocycles. The summed E-state index contributed by atoms with van der Waals surface area (Å²) in [4.78, 5) is 8.97. The maximum absolute atomic E-state index is 13.9. The van der Waals surface area contributed by atoms with Gasteiger partial charge < -0.3 is 0 Å². The summed E-state index contributed by atoms with van der Waals surface area (Å²) in [7, 11) is 0. The van der Waals surface area contributed by atoms with Crippen molar-refractivity contribution in [3.05, 3.63) is 44.0 Å². The summed E-state index contributed by atoms with van der Waals surface area (Å²) in [6.45, 7) is 0. The highest BCUT2D eigenvalue weighted by Crippen LogP contribution is 2.28. The van der Waals surface area contributed by atoms with Gasteiger partial charge in [-0.2, -0.15) is 0 Å². The van der Waals surface area contributed by atoms with E-state index in [4.69, 9.17) is 11.6 Å². The van der Waals surface area contributed by atoms with Crippen molar-refractivity contribution in [2.75, 3.05) is 0 Å². The van der Waals surface area contributed by atoms with Crippen LogP contribution >= 0.6 is 34.2 Å². The molecule has 19 heavy (non-hydrogen) atoms. The molecule has 3 rings (SSSR count). The number of hydrogen-bond acceptors (Lipinski definition) is 2. The summed E-state index contributed by atoms with van der Waals surface area (Å²) < 4.78 is 14.8. The minimum atomic E-state index is -0.337. The van der Waals surface area contributed by atoms with Crippen LogP contribution in [0.2, 0.25) is 5.02 Å². The molecule has 1 heterocycles. The van der Waals surface area contributed by atoms with Crippen molar-refractivity contribution in [2.45, 2.75) is 25.7 Å². The Kier molecular flexibility index (Phi) is 3.71. The van der Waals surface area contributed by atoms with E-state index in [1.54, 1.807) is 6.07 Å². The van der Waals surface area contributed by atoms with E-state index < -0.39 is 0 Å². The highest BCUT2D eigenvalue weighted by molar-refractivity contribution is 14.1. The van der Waals surface area contributed by atoms with Crippen molar-refractivity contribution in [1.82, 2.24) is 9.97 Å². The Labute approximate surface area is 129 Å². The predicted molar refractivity (Wildman–Crippen MR) is 81.8 cm³/mol. The molecule has 0 saturated carbocycles. The second-order valence-corrected chi connectivity index (χ2v) is 6.05. The van der Waals surface area contributed by atoms with Gasteiger partial charge >= 0.3 is 0 Å². The first-order chi connectivity index (χ1) is 9.15. The van der Waals surface area contributed by atoms with E-state index in [0.29, 0.717) is 16.4 Å². The molecule has 0 N–H and O–H groups in total. The summed E-state index contributed by atoms with van der Waals surface area (Å²) in [5.41, 5.74) is 2.65. The maximum Gasteiger partial charge on any atom is 0.163 e. The fourth-order valence-electron chi connectivity index (χ4n) is 2.34. The van der Waals surface area contributed by atoms with Gasteiger partial charge in [0.2, 0.25) is 0 Å². The van der Waals surface area contributed by atoms with Gasteiger partial charge in [0.25, 0.3) is 0 Å². The second kappa shape index (κ2) is 5.32. The Morgan fingerprint density at radius 2 is 1.95 bits per heavy atom. The quantitative estimate of drug-likeness (QED) is 0.534. The average Bonchev–Trinajstić information content (AvgIpc) is 2.41. The zero-order chi connectivity index (χ0) is 13.4. The third-order valence-electron chi connectivity index (χ3n) is 3.30. The molecule has 0 spiro atoms. The van der Waals surface area contributed by atoms with Gasteiger partial charge in [-0.15, -0.1) is 0 Å². The molecule has 0 bridgehead atoms. The first-order valence-electron chi connectivity index (χ1n) is 6.16. The first-order valence-corrected chi connectivity index (χ1v) is 7.61. The number of aryl methyl sites for hydroxylation is 1. The van der Waals surface area contributed by atoms with E-state index in [-0.39, 0.29) is 5.82 Å². The minimum absolute atomic E-state index is 0.337. The molecule has 0 fully saturated rings. The van der Waals surface area contributed by atoms with Crippen LogP contribution in [0.4, 0.5) is 4.39 Å². The first kappa shape index (κ1) is 13.2. The fraction of sp³-hybridized carbons (Fsp3) is 0.286. The molecule has 0 radical (unpaired) electrons. The van der Waals surface area contributed by atoms with Crippen molar-refractivity contribution in [3.63, 3.8) is 0 Å². The van der Waals surface area contributed by atoms with Crippen LogP contribution in [0.15, 0.2) is 18.2 Å². The average molecular weight is 389 g/mol. The van der Waals surface area contributed by atoms with Crippen LogP contribution in [0.3, 0.4) is 0 Å². The van der Waals surface area contributed by atoms with Crippen LogP contribution < -0.4 is 0 Å². The molecule has 1 aromatic carbocycles. The number of rotatable bonds is 1. The zero-order valence-corrected chi connectivity index (χ0v) is 13.0. The molecule has 98 valence electrons. The monoisotopic (exact) mass is 388 g/mol. The molecule has 0 unspecified atom stereocenters. The molecule has 1 aliphatic carbocycles. The summed E-state index contributed by atoms with van der Waals surface area (Å²) in [5, 5.41) is 0.493. The Morgan fingerprint density at radius 3 is 2.79 bits per heavy atom. The molecule has 5 heteroatoms. The SMILES string of the molecule is Fc1ccc(Cl)cc1-c1nc(I)c2c(n1)CCCC2. The lowest BCUT2D eigenvalue weighted by Crippen LogP contribution is -2.10.